The van der Waals surface area contributed by atoms with Gasteiger partial charge in [-0.15, -0.1) is 0 Å². The zero-order chi connectivity index (χ0) is 23.9. The summed E-state index contributed by atoms with van der Waals surface area (Å²) in [6.07, 6.45) is -22.5. The second kappa shape index (κ2) is 10.4. The van der Waals surface area contributed by atoms with Crippen LogP contribution in [0.5, 0.6) is 0 Å². The first-order valence-corrected chi connectivity index (χ1v) is 10.3. The van der Waals surface area contributed by atoms with Gasteiger partial charge in [0.05, 0.1) is 18.8 Å². The van der Waals surface area contributed by atoms with Crippen molar-refractivity contribution in [3.8, 4) is 0 Å². The van der Waals surface area contributed by atoms with Crippen LogP contribution in [-0.4, -0.2) is 145 Å². The molecule has 9 N–H and O–H groups in total. The fourth-order valence-electron chi connectivity index (χ4n) is 3.94. The van der Waals surface area contributed by atoms with Crippen LogP contribution in [0.3, 0.4) is 0 Å². The van der Waals surface area contributed by atoms with Crippen LogP contribution in [0.1, 0.15) is 13.8 Å². The van der Waals surface area contributed by atoms with E-state index in [-0.39, 0.29) is 0 Å². The lowest BCUT2D eigenvalue weighted by atomic mass is 9.96. The zero-order valence-electron chi connectivity index (χ0n) is 17.4. The minimum absolute atomic E-state index is 0.732. The van der Waals surface area contributed by atoms with Gasteiger partial charge in [-0.1, -0.05) is 0 Å². The Balaban J connectivity index is 1.82. The Morgan fingerprint density at radius 3 is 1.44 bits per heavy atom. The van der Waals surface area contributed by atoms with E-state index in [0.29, 0.717) is 0 Å². The number of aliphatic hydroxyl groups excluding tert-OH is 9. The minimum Gasteiger partial charge on any atom is -0.394 e. The van der Waals surface area contributed by atoms with E-state index in [0.717, 1.165) is 0 Å². The zero-order valence-corrected chi connectivity index (χ0v) is 17.4. The fraction of sp³-hybridized carbons (Fsp3) is 1.00. The lowest BCUT2D eigenvalue weighted by Gasteiger charge is -2.48. The van der Waals surface area contributed by atoms with E-state index in [4.69, 9.17) is 23.7 Å². The highest BCUT2D eigenvalue weighted by atomic mass is 16.8. The Labute approximate surface area is 183 Å². The number of ether oxygens (including phenoxy) is 5. The second-order valence-corrected chi connectivity index (χ2v) is 8.30. The Morgan fingerprint density at radius 2 is 1.00 bits per heavy atom. The second-order valence-electron chi connectivity index (χ2n) is 8.30. The number of hydrogen-bond acceptors (Lipinski definition) is 14. The van der Waals surface area contributed by atoms with Crippen molar-refractivity contribution in [2.24, 2.45) is 0 Å². The summed E-state index contributed by atoms with van der Waals surface area (Å²) in [7, 11) is 0. The van der Waals surface area contributed by atoms with Gasteiger partial charge in [0, 0.05) is 0 Å². The van der Waals surface area contributed by atoms with E-state index in [9.17, 15) is 46.0 Å². The summed E-state index contributed by atoms with van der Waals surface area (Å²) < 4.78 is 27.1. The molecule has 0 radical (unpaired) electrons. The summed E-state index contributed by atoms with van der Waals surface area (Å²) >= 11 is 0. The third-order valence-corrected chi connectivity index (χ3v) is 6.01. The summed E-state index contributed by atoms with van der Waals surface area (Å²) in [6, 6.07) is 0. The summed E-state index contributed by atoms with van der Waals surface area (Å²) in [5.41, 5.74) is 0. The van der Waals surface area contributed by atoms with Gasteiger partial charge in [0.1, 0.15) is 61.0 Å². The predicted octanol–water partition coefficient (Wildman–Crippen LogP) is -5.52. The molecule has 188 valence electrons. The molecular weight excluding hydrogens is 440 g/mol. The van der Waals surface area contributed by atoms with Crippen molar-refractivity contribution in [3.05, 3.63) is 0 Å². The molecule has 3 heterocycles. The van der Waals surface area contributed by atoms with Gasteiger partial charge in [-0.05, 0) is 13.8 Å². The van der Waals surface area contributed by atoms with Gasteiger partial charge in [0.25, 0.3) is 0 Å². The average molecular weight is 472 g/mol. The van der Waals surface area contributed by atoms with Crippen LogP contribution in [-0.2, 0) is 23.7 Å². The molecule has 14 nitrogen and oxygen atoms in total. The lowest BCUT2D eigenvalue weighted by molar-refractivity contribution is -0.381. The molecule has 3 rings (SSSR count). The highest BCUT2D eigenvalue weighted by Gasteiger charge is 2.53. The van der Waals surface area contributed by atoms with Crippen LogP contribution in [0.2, 0.25) is 0 Å². The van der Waals surface area contributed by atoms with Crippen molar-refractivity contribution in [2.75, 3.05) is 6.61 Å². The monoisotopic (exact) mass is 472 g/mol. The molecule has 15 atom stereocenters. The molecule has 0 saturated carbocycles. The molecule has 32 heavy (non-hydrogen) atoms. The van der Waals surface area contributed by atoms with E-state index in [2.05, 4.69) is 0 Å². The fourth-order valence-corrected chi connectivity index (χ4v) is 3.94. The molecule has 14 heteroatoms. The smallest absolute Gasteiger partial charge is 0.187 e. The van der Waals surface area contributed by atoms with Crippen LogP contribution < -0.4 is 0 Å². The predicted molar refractivity (Wildman–Crippen MR) is 98.4 cm³/mol. The molecule has 3 aliphatic heterocycles. The van der Waals surface area contributed by atoms with Crippen molar-refractivity contribution in [2.45, 2.75) is 106 Å². The van der Waals surface area contributed by atoms with Crippen LogP contribution in [0.4, 0.5) is 0 Å². The Hall–Kier alpha value is -0.560. The molecule has 1 unspecified atom stereocenters. The quantitative estimate of drug-likeness (QED) is 0.182. The van der Waals surface area contributed by atoms with Gasteiger partial charge < -0.3 is 69.6 Å². The van der Waals surface area contributed by atoms with Gasteiger partial charge >= 0.3 is 0 Å². The molecule has 0 bridgehead atoms. The molecule has 3 aliphatic rings. The first-order chi connectivity index (χ1) is 15.0. The van der Waals surface area contributed by atoms with E-state index in [1.165, 1.54) is 13.8 Å². The third-order valence-electron chi connectivity index (χ3n) is 6.01. The molecule has 3 fully saturated rings. The summed E-state index contributed by atoms with van der Waals surface area (Å²) in [5.74, 6) is 0. The number of rotatable bonds is 5. The molecule has 0 spiro atoms. The van der Waals surface area contributed by atoms with Crippen LogP contribution >= 0.6 is 0 Å². The van der Waals surface area contributed by atoms with E-state index in [1.54, 1.807) is 0 Å². The maximum absolute atomic E-state index is 10.5. The Kier molecular flexibility index (Phi) is 8.44. The van der Waals surface area contributed by atoms with Crippen molar-refractivity contribution < 1.29 is 69.6 Å². The highest BCUT2D eigenvalue weighted by Crippen LogP contribution is 2.32. The van der Waals surface area contributed by atoms with Crippen molar-refractivity contribution >= 4 is 0 Å². The minimum atomic E-state index is -1.84. The molecule has 0 aromatic heterocycles. The summed E-state index contributed by atoms with van der Waals surface area (Å²) in [6.45, 7) is 2.10. The highest BCUT2D eigenvalue weighted by molar-refractivity contribution is 4.95. The summed E-state index contributed by atoms with van der Waals surface area (Å²) in [5, 5.41) is 90.3. The molecule has 0 amide bonds. The average Bonchev–Trinajstić information content (AvgIpc) is 2.76. The normalized spacial score (nSPS) is 55.0. The van der Waals surface area contributed by atoms with Crippen LogP contribution in [0, 0.1) is 0 Å². The van der Waals surface area contributed by atoms with Gasteiger partial charge in [0.15, 0.2) is 18.9 Å². The van der Waals surface area contributed by atoms with E-state index >= 15 is 0 Å². The van der Waals surface area contributed by atoms with Crippen LogP contribution in [0.15, 0.2) is 0 Å². The molecule has 0 aromatic rings. The molecule has 0 aromatic carbocycles. The first-order valence-electron chi connectivity index (χ1n) is 10.3. The maximum atomic E-state index is 10.5. The first kappa shape index (κ1) is 26.1. The van der Waals surface area contributed by atoms with Gasteiger partial charge in [0.2, 0.25) is 0 Å². The Morgan fingerprint density at radius 1 is 0.562 bits per heavy atom. The standard InChI is InChI=1S/C18H32O14/c1-4-7(20)9(22)11(24)17(28-4)31-14-6(3-19)30-16(27)13(26)15(14)32-18-12(25)10(23)8(21)5(2)29-18/h4-27H,3H2,1-2H3/t4-,5-,6+,7+,8+,9+,10+,11-,12-,13+,14-,15+,16?,17-,18+/m0/s1. The lowest BCUT2D eigenvalue weighted by Crippen LogP contribution is -2.66. The maximum Gasteiger partial charge on any atom is 0.187 e. The topological polar surface area (TPSA) is 228 Å². The largest absolute Gasteiger partial charge is 0.394 e. The molecular formula is C18H32O14. The van der Waals surface area contributed by atoms with Crippen molar-refractivity contribution in [1.29, 1.82) is 0 Å². The van der Waals surface area contributed by atoms with E-state index < -0.39 is 98.7 Å². The third kappa shape index (κ3) is 4.94. The number of hydrogen-bond donors (Lipinski definition) is 9. The Bertz CT molecular complexity index is 574. The van der Waals surface area contributed by atoms with Crippen molar-refractivity contribution in [1.82, 2.24) is 0 Å². The summed E-state index contributed by atoms with van der Waals surface area (Å²) in [4.78, 5) is 0. The van der Waals surface area contributed by atoms with Gasteiger partial charge in [-0.3, -0.25) is 0 Å². The molecule has 3 saturated heterocycles. The van der Waals surface area contributed by atoms with Crippen molar-refractivity contribution in [3.63, 3.8) is 0 Å². The number of aliphatic hydroxyl groups is 9. The SMILES string of the molecule is C[C@@H]1O[C@@H](O[C@@H]2[C@H](O[C@H]3O[C@@H](C)[C@@H](O)[C@@H](O)[C@@H]3O)[C@@H](O)C(O)O[C@@H]2CO)[C@@H](O)[C@H](O)[C@@H]1O. The van der Waals surface area contributed by atoms with E-state index in [1.807, 2.05) is 0 Å². The molecule has 0 aliphatic carbocycles. The van der Waals surface area contributed by atoms with Gasteiger partial charge in [-0.2, -0.15) is 0 Å². The van der Waals surface area contributed by atoms with Crippen LogP contribution in [0.25, 0.3) is 0 Å². The van der Waals surface area contributed by atoms with Gasteiger partial charge in [-0.25, -0.2) is 0 Å².